The smallest absolute Gasteiger partial charge is 0.170 e. The van der Waals surface area contributed by atoms with E-state index in [-0.39, 0.29) is 12.1 Å². The highest BCUT2D eigenvalue weighted by Crippen LogP contribution is 2.42. The van der Waals surface area contributed by atoms with Gasteiger partial charge in [-0.05, 0) is 61.5 Å². The molecular weight excluding hydrogens is 378 g/mol. The lowest BCUT2D eigenvalue weighted by atomic mass is 10.0. The summed E-state index contributed by atoms with van der Waals surface area (Å²) in [4.78, 5) is 11.5. The predicted octanol–water partition coefficient (Wildman–Crippen LogP) is 4.57. The molecule has 1 saturated carbocycles. The normalized spacial score (nSPS) is 22.2. The molecule has 2 fully saturated rings. The Morgan fingerprint density at radius 2 is 1.76 bits per heavy atom. The number of hydrogen-bond donors (Lipinski definition) is 1. The van der Waals surface area contributed by atoms with Gasteiger partial charge in [0.25, 0.3) is 0 Å². The molecule has 5 rings (SSSR count). The van der Waals surface area contributed by atoms with Crippen LogP contribution in [0.5, 0.6) is 0 Å². The first-order valence-corrected chi connectivity index (χ1v) is 10.8. The molecular formula is C23H25N5S. The molecule has 0 bridgehead atoms. The maximum atomic E-state index is 5.80. The molecule has 3 aromatic heterocycles. The number of hydrogen-bond acceptors (Lipinski definition) is 3. The van der Waals surface area contributed by atoms with Crippen LogP contribution in [0.15, 0.2) is 67.1 Å². The molecule has 2 aliphatic rings. The Morgan fingerprint density at radius 3 is 2.48 bits per heavy atom. The molecule has 0 aromatic carbocycles. The van der Waals surface area contributed by atoms with E-state index in [4.69, 9.17) is 12.2 Å². The molecule has 148 valence electrons. The Kier molecular flexibility index (Phi) is 5.02. The van der Waals surface area contributed by atoms with E-state index in [1.807, 2.05) is 36.7 Å². The fourth-order valence-corrected chi connectivity index (χ4v) is 5.04. The summed E-state index contributed by atoms with van der Waals surface area (Å²) in [6, 6.07) is 17.2. The van der Waals surface area contributed by atoms with Crippen LogP contribution in [0, 0.1) is 0 Å². The van der Waals surface area contributed by atoms with Gasteiger partial charge < -0.3 is 14.8 Å². The second-order valence-electron chi connectivity index (χ2n) is 7.85. The molecule has 0 radical (unpaired) electrons. The monoisotopic (exact) mass is 403 g/mol. The van der Waals surface area contributed by atoms with Crippen LogP contribution in [0.3, 0.4) is 0 Å². The third kappa shape index (κ3) is 3.53. The van der Waals surface area contributed by atoms with Crippen molar-refractivity contribution in [3.63, 3.8) is 0 Å². The number of pyridine rings is 2. The van der Waals surface area contributed by atoms with Crippen LogP contribution in [0.1, 0.15) is 60.9 Å². The van der Waals surface area contributed by atoms with Crippen molar-refractivity contribution in [2.75, 3.05) is 0 Å². The Bertz CT molecular complexity index is 965. The topological polar surface area (TPSA) is 46.0 Å². The molecule has 5 nitrogen and oxygen atoms in total. The highest BCUT2D eigenvalue weighted by molar-refractivity contribution is 7.80. The van der Waals surface area contributed by atoms with Gasteiger partial charge in [0, 0.05) is 30.3 Å². The standard InChI is InChI=1S/C23H25N5S/c29-23-26-21(19-11-4-6-14-25-19)22(28(23)16-17-8-3-5-13-24-17)20-12-7-15-27(20)18-9-1-2-10-18/h3-8,11-15,18,21-22H,1-2,9-10,16H2,(H,26,29)/t21-,22+/m0/s1. The van der Waals surface area contributed by atoms with E-state index in [0.717, 1.165) is 16.5 Å². The first kappa shape index (κ1) is 18.3. The van der Waals surface area contributed by atoms with Gasteiger partial charge in [0.1, 0.15) is 0 Å². The molecule has 4 heterocycles. The molecule has 0 unspecified atom stereocenters. The zero-order chi connectivity index (χ0) is 19.6. The van der Waals surface area contributed by atoms with E-state index in [2.05, 4.69) is 55.2 Å². The highest BCUT2D eigenvalue weighted by Gasteiger charge is 2.41. The molecule has 1 N–H and O–H groups in total. The Balaban J connectivity index is 1.56. The number of nitrogens with one attached hydrogen (secondary N) is 1. The Morgan fingerprint density at radius 1 is 0.966 bits per heavy atom. The van der Waals surface area contributed by atoms with Gasteiger partial charge in [0.05, 0.1) is 30.0 Å². The van der Waals surface area contributed by atoms with Crippen LogP contribution in [-0.4, -0.2) is 24.5 Å². The molecule has 1 saturated heterocycles. The largest absolute Gasteiger partial charge is 0.352 e. The van der Waals surface area contributed by atoms with Crippen molar-refractivity contribution in [1.29, 1.82) is 0 Å². The molecule has 6 heteroatoms. The summed E-state index contributed by atoms with van der Waals surface area (Å²) >= 11 is 5.80. The van der Waals surface area contributed by atoms with Gasteiger partial charge in [-0.25, -0.2) is 0 Å². The van der Waals surface area contributed by atoms with E-state index in [1.165, 1.54) is 31.4 Å². The minimum Gasteiger partial charge on any atom is -0.352 e. The summed E-state index contributed by atoms with van der Waals surface area (Å²) in [5.41, 5.74) is 3.33. The minimum atomic E-state index is 0.0162. The van der Waals surface area contributed by atoms with Crippen molar-refractivity contribution in [2.45, 2.75) is 50.4 Å². The highest BCUT2D eigenvalue weighted by atomic mass is 32.1. The van der Waals surface area contributed by atoms with Crippen LogP contribution in [0.2, 0.25) is 0 Å². The third-order valence-electron chi connectivity index (χ3n) is 6.09. The predicted molar refractivity (Wildman–Crippen MR) is 117 cm³/mol. The molecule has 29 heavy (non-hydrogen) atoms. The van der Waals surface area contributed by atoms with Gasteiger partial charge in [0.2, 0.25) is 0 Å². The van der Waals surface area contributed by atoms with Crippen molar-refractivity contribution < 1.29 is 0 Å². The van der Waals surface area contributed by atoms with Crippen LogP contribution in [0.4, 0.5) is 0 Å². The van der Waals surface area contributed by atoms with E-state index < -0.39 is 0 Å². The second kappa shape index (κ2) is 7.95. The maximum Gasteiger partial charge on any atom is 0.170 e. The molecule has 1 aliphatic carbocycles. The first-order chi connectivity index (χ1) is 14.3. The van der Waals surface area contributed by atoms with E-state index >= 15 is 0 Å². The summed E-state index contributed by atoms with van der Waals surface area (Å²) < 4.78 is 2.48. The quantitative estimate of drug-likeness (QED) is 0.633. The van der Waals surface area contributed by atoms with E-state index in [9.17, 15) is 0 Å². The summed E-state index contributed by atoms with van der Waals surface area (Å²) in [6.07, 6.45) is 11.1. The van der Waals surface area contributed by atoms with Crippen molar-refractivity contribution in [3.05, 3.63) is 84.2 Å². The van der Waals surface area contributed by atoms with Crippen molar-refractivity contribution in [1.82, 2.24) is 24.8 Å². The summed E-state index contributed by atoms with van der Waals surface area (Å²) in [7, 11) is 0. The van der Waals surface area contributed by atoms with Gasteiger partial charge in [-0.1, -0.05) is 25.0 Å². The molecule has 1 aliphatic heterocycles. The van der Waals surface area contributed by atoms with Gasteiger partial charge in [-0.3, -0.25) is 9.97 Å². The Labute approximate surface area is 176 Å². The average Bonchev–Trinajstić information content (AvgIpc) is 3.50. The summed E-state index contributed by atoms with van der Waals surface area (Å²) in [5, 5.41) is 4.31. The van der Waals surface area contributed by atoms with Gasteiger partial charge in [-0.15, -0.1) is 0 Å². The number of nitrogens with zero attached hydrogens (tertiary/aromatic N) is 4. The van der Waals surface area contributed by atoms with Crippen molar-refractivity contribution in [3.8, 4) is 0 Å². The summed E-state index contributed by atoms with van der Waals surface area (Å²) in [5.74, 6) is 0. The van der Waals surface area contributed by atoms with Crippen molar-refractivity contribution >= 4 is 17.3 Å². The second-order valence-corrected chi connectivity index (χ2v) is 8.24. The van der Waals surface area contributed by atoms with Crippen LogP contribution < -0.4 is 5.32 Å². The number of aromatic nitrogens is 3. The zero-order valence-corrected chi connectivity index (χ0v) is 17.1. The van der Waals surface area contributed by atoms with E-state index in [1.54, 1.807) is 0 Å². The lowest BCUT2D eigenvalue weighted by Gasteiger charge is -2.30. The third-order valence-corrected chi connectivity index (χ3v) is 6.44. The first-order valence-electron chi connectivity index (χ1n) is 10.4. The van der Waals surface area contributed by atoms with E-state index in [0.29, 0.717) is 12.6 Å². The molecule has 0 spiro atoms. The minimum absolute atomic E-state index is 0.0162. The molecule has 2 atom stereocenters. The number of thiocarbonyl (C=S) groups is 1. The maximum absolute atomic E-state index is 5.80. The summed E-state index contributed by atoms with van der Waals surface area (Å²) in [6.45, 7) is 0.677. The molecule has 3 aromatic rings. The van der Waals surface area contributed by atoms with Crippen LogP contribution in [-0.2, 0) is 6.54 Å². The fraction of sp³-hybridized carbons (Fsp3) is 0.348. The fourth-order valence-electron chi connectivity index (χ4n) is 4.74. The average molecular weight is 404 g/mol. The van der Waals surface area contributed by atoms with Crippen LogP contribution in [0.25, 0.3) is 0 Å². The lowest BCUT2D eigenvalue weighted by Crippen LogP contribution is -2.30. The SMILES string of the molecule is S=C1N[C@@H](c2ccccn2)[C@@H](c2cccn2C2CCCC2)N1Cc1ccccn1. The zero-order valence-electron chi connectivity index (χ0n) is 16.3. The number of rotatable bonds is 5. The van der Waals surface area contributed by atoms with Gasteiger partial charge >= 0.3 is 0 Å². The van der Waals surface area contributed by atoms with Gasteiger partial charge in [-0.2, -0.15) is 0 Å². The van der Waals surface area contributed by atoms with Gasteiger partial charge in [0.15, 0.2) is 5.11 Å². The molecule has 0 amide bonds. The lowest BCUT2D eigenvalue weighted by molar-refractivity contribution is 0.288. The Hall–Kier alpha value is -2.73. The van der Waals surface area contributed by atoms with Crippen LogP contribution >= 0.6 is 12.2 Å². The van der Waals surface area contributed by atoms with Crippen molar-refractivity contribution in [2.24, 2.45) is 0 Å².